The second-order valence-corrected chi connectivity index (χ2v) is 10.6. The second-order valence-electron chi connectivity index (χ2n) is 9.76. The van der Waals surface area contributed by atoms with E-state index in [0.29, 0.717) is 27.0 Å². The Labute approximate surface area is 272 Å². The number of carboxylic acids is 1. The third kappa shape index (κ3) is 8.63. The van der Waals surface area contributed by atoms with E-state index in [9.17, 15) is 19.2 Å². The highest BCUT2D eigenvalue weighted by atomic mass is 79.9. The fourth-order valence-electron chi connectivity index (χ4n) is 4.38. The van der Waals surface area contributed by atoms with Gasteiger partial charge in [0, 0.05) is 5.70 Å². The molecule has 0 unspecified atom stereocenters. The van der Waals surface area contributed by atoms with Crippen molar-refractivity contribution < 1.29 is 43.2 Å². The van der Waals surface area contributed by atoms with Crippen molar-refractivity contribution >= 4 is 46.0 Å². The molecule has 46 heavy (non-hydrogen) atoms. The molecular weight excluding hydrogens is 664 g/mol. The maximum Gasteiger partial charge on any atom is 0.338 e. The number of carbonyl (C=O) groups is 4. The Morgan fingerprint density at radius 2 is 1.76 bits per heavy atom. The number of methoxy groups -OCH3 is 1. The van der Waals surface area contributed by atoms with Crippen LogP contribution in [0.25, 0.3) is 0 Å². The lowest BCUT2D eigenvalue weighted by molar-refractivity contribution is -0.139. The van der Waals surface area contributed by atoms with Crippen molar-refractivity contribution in [2.45, 2.75) is 26.5 Å². The van der Waals surface area contributed by atoms with Gasteiger partial charge in [-0.25, -0.2) is 19.8 Å². The topological polar surface area (TPSA) is 174 Å². The lowest BCUT2D eigenvalue weighted by atomic mass is 9.95. The predicted octanol–water partition coefficient (Wildman–Crippen LogP) is 4.46. The van der Waals surface area contributed by atoms with E-state index in [1.54, 1.807) is 62.4 Å². The molecule has 1 aliphatic heterocycles. The van der Waals surface area contributed by atoms with Gasteiger partial charge in [0.05, 0.1) is 41.6 Å². The van der Waals surface area contributed by atoms with Crippen LogP contribution in [0.15, 0.2) is 81.5 Å². The number of hydrogen-bond acceptors (Lipinski definition) is 9. The zero-order valence-corrected chi connectivity index (χ0v) is 26.7. The maximum atomic E-state index is 12.6. The number of halogens is 1. The average Bonchev–Trinajstić information content (AvgIpc) is 3.03. The van der Waals surface area contributed by atoms with Crippen LogP contribution in [-0.4, -0.2) is 55.5 Å². The van der Waals surface area contributed by atoms with Gasteiger partial charge in [0.25, 0.3) is 5.91 Å². The summed E-state index contributed by atoms with van der Waals surface area (Å²) in [5.41, 5.74) is 5.28. The van der Waals surface area contributed by atoms with E-state index in [0.717, 1.165) is 5.56 Å². The number of amides is 3. The van der Waals surface area contributed by atoms with E-state index in [1.165, 1.54) is 25.5 Å². The molecule has 0 aliphatic carbocycles. The van der Waals surface area contributed by atoms with Crippen molar-refractivity contribution in [2.75, 3.05) is 20.3 Å². The molecule has 0 spiro atoms. The van der Waals surface area contributed by atoms with Crippen LogP contribution in [0.5, 0.6) is 17.2 Å². The Morgan fingerprint density at radius 3 is 2.43 bits per heavy atom. The fourth-order valence-corrected chi connectivity index (χ4v) is 4.89. The number of allylic oxidation sites excluding steroid dienone is 1. The number of urea groups is 1. The number of aromatic carboxylic acids is 1. The van der Waals surface area contributed by atoms with Crippen molar-refractivity contribution in [1.29, 1.82) is 0 Å². The lowest BCUT2D eigenvalue weighted by Crippen LogP contribution is -2.45. The zero-order chi connectivity index (χ0) is 33.2. The summed E-state index contributed by atoms with van der Waals surface area (Å²) in [7, 11) is 1.43. The highest BCUT2D eigenvalue weighted by Gasteiger charge is 2.32. The third-order valence-electron chi connectivity index (χ3n) is 6.60. The first kappa shape index (κ1) is 33.5. The Kier molecular flexibility index (Phi) is 11.3. The number of esters is 1. The van der Waals surface area contributed by atoms with E-state index < -0.39 is 29.9 Å². The molecule has 240 valence electrons. The monoisotopic (exact) mass is 694 g/mol. The number of ether oxygens (including phenoxy) is 4. The molecule has 0 aromatic heterocycles. The molecule has 0 radical (unpaired) electrons. The van der Waals surface area contributed by atoms with Gasteiger partial charge in [-0.3, -0.25) is 4.79 Å². The minimum atomic E-state index is -0.992. The first-order valence-electron chi connectivity index (χ1n) is 13.9. The van der Waals surface area contributed by atoms with Crippen LogP contribution >= 0.6 is 15.9 Å². The van der Waals surface area contributed by atoms with Crippen molar-refractivity contribution in [3.63, 3.8) is 0 Å². The summed E-state index contributed by atoms with van der Waals surface area (Å²) in [5, 5.41) is 18.3. The quantitative estimate of drug-likeness (QED) is 0.114. The normalized spacial score (nSPS) is 14.3. The molecule has 1 heterocycles. The Hall–Kier alpha value is -5.37. The second kappa shape index (κ2) is 15.6. The summed E-state index contributed by atoms with van der Waals surface area (Å²) in [4.78, 5) is 48.2. The minimum Gasteiger partial charge on any atom is -0.493 e. The van der Waals surface area contributed by atoms with Gasteiger partial charge >= 0.3 is 18.0 Å². The molecular formula is C32H31BrN4O9. The van der Waals surface area contributed by atoms with Crippen LogP contribution in [0.3, 0.4) is 0 Å². The van der Waals surface area contributed by atoms with E-state index in [-0.39, 0.29) is 42.5 Å². The summed E-state index contributed by atoms with van der Waals surface area (Å²) in [6, 6.07) is 15.2. The zero-order valence-electron chi connectivity index (χ0n) is 25.1. The number of rotatable bonds is 13. The van der Waals surface area contributed by atoms with Crippen molar-refractivity contribution in [3.05, 3.63) is 98.7 Å². The van der Waals surface area contributed by atoms with E-state index >= 15 is 0 Å². The highest BCUT2D eigenvalue weighted by Crippen LogP contribution is 2.34. The molecule has 3 amide bonds. The van der Waals surface area contributed by atoms with Crippen LogP contribution in [0.4, 0.5) is 4.79 Å². The molecule has 3 aromatic carbocycles. The largest absolute Gasteiger partial charge is 0.493 e. The van der Waals surface area contributed by atoms with Gasteiger partial charge in [0.15, 0.2) is 18.1 Å². The van der Waals surface area contributed by atoms with E-state index in [4.69, 9.17) is 24.1 Å². The van der Waals surface area contributed by atoms with Crippen molar-refractivity contribution in [3.8, 4) is 17.2 Å². The van der Waals surface area contributed by atoms with Crippen molar-refractivity contribution in [2.24, 2.45) is 5.10 Å². The van der Waals surface area contributed by atoms with Crippen LogP contribution in [-0.2, 0) is 20.9 Å². The Morgan fingerprint density at radius 1 is 1.02 bits per heavy atom. The summed E-state index contributed by atoms with van der Waals surface area (Å²) in [6.07, 6.45) is 1.45. The number of hydrogen-bond donors (Lipinski definition) is 4. The summed E-state index contributed by atoms with van der Waals surface area (Å²) >= 11 is 3.46. The molecule has 1 aliphatic rings. The molecule has 13 nitrogen and oxygen atoms in total. The van der Waals surface area contributed by atoms with Crippen molar-refractivity contribution in [1.82, 2.24) is 16.1 Å². The van der Waals surface area contributed by atoms with Gasteiger partial charge in [0.2, 0.25) is 0 Å². The first-order chi connectivity index (χ1) is 22.1. The SMILES string of the molecule is CCOC(=O)C1=C(C)NC(=O)N[C@H]1c1ccc(OCC(=O)N/N=C\c2ccc(OCc3ccc(C(=O)O)cc3)c(Br)c2)c(OC)c1. The molecule has 4 N–H and O–H groups in total. The fraction of sp³-hybridized carbons (Fsp3) is 0.219. The third-order valence-corrected chi connectivity index (χ3v) is 7.22. The molecule has 3 aromatic rings. The number of hydrazone groups is 1. The first-order valence-corrected chi connectivity index (χ1v) is 14.7. The van der Waals surface area contributed by atoms with E-state index in [2.05, 4.69) is 37.1 Å². The smallest absolute Gasteiger partial charge is 0.338 e. The molecule has 0 fully saturated rings. The number of nitrogens with one attached hydrogen (secondary N) is 3. The van der Waals surface area contributed by atoms with Crippen LogP contribution < -0.4 is 30.3 Å². The van der Waals surface area contributed by atoms with Crippen LogP contribution in [0.2, 0.25) is 0 Å². The molecule has 1 atom stereocenters. The Balaban J connectivity index is 1.32. The summed E-state index contributed by atoms with van der Waals surface area (Å²) < 4.78 is 22.7. The number of carbonyl (C=O) groups excluding carboxylic acids is 3. The van der Waals surface area contributed by atoms with Crippen LogP contribution in [0.1, 0.15) is 46.9 Å². The van der Waals surface area contributed by atoms with E-state index in [1.807, 2.05) is 0 Å². The number of carboxylic acid groups (broad SMARTS) is 1. The average molecular weight is 696 g/mol. The molecule has 14 heteroatoms. The van der Waals surface area contributed by atoms with Crippen LogP contribution in [0, 0.1) is 0 Å². The maximum absolute atomic E-state index is 12.6. The van der Waals surface area contributed by atoms with Gasteiger partial charge in [-0.1, -0.05) is 18.2 Å². The van der Waals surface area contributed by atoms with Gasteiger partial charge in [0.1, 0.15) is 12.4 Å². The lowest BCUT2D eigenvalue weighted by Gasteiger charge is -2.28. The molecule has 0 bridgehead atoms. The highest BCUT2D eigenvalue weighted by molar-refractivity contribution is 9.10. The standard InChI is InChI=1S/C32H31BrN4O9/c1-4-44-31(41)28-18(2)35-32(42)36-29(28)22-10-12-25(26(14-22)43-3)46-17-27(38)37-34-15-20-7-11-24(23(33)13-20)45-16-19-5-8-21(9-6-19)30(39)40/h5-15,29H,4,16-17H2,1-3H3,(H,37,38)(H,39,40)(H2,35,36,42)/b34-15-/t29-/m0/s1. The van der Waals surface area contributed by atoms with Gasteiger partial charge in [-0.2, -0.15) is 5.10 Å². The van der Waals surface area contributed by atoms with Gasteiger partial charge in [-0.05, 0) is 88.9 Å². The molecule has 4 rings (SSSR count). The van der Waals surface area contributed by atoms with Gasteiger partial charge < -0.3 is 34.7 Å². The molecule has 0 saturated heterocycles. The summed E-state index contributed by atoms with van der Waals surface area (Å²) in [5.74, 6) is -0.957. The van der Waals surface area contributed by atoms with Gasteiger partial charge in [-0.15, -0.1) is 0 Å². The summed E-state index contributed by atoms with van der Waals surface area (Å²) in [6.45, 7) is 3.36. The predicted molar refractivity (Wildman–Crippen MR) is 170 cm³/mol. The number of nitrogens with zero attached hydrogens (tertiary/aromatic N) is 1. The minimum absolute atomic E-state index is 0.174. The Bertz CT molecular complexity index is 1690. The molecule has 0 saturated carbocycles. The number of benzene rings is 3.